The monoisotopic (exact) mass is 1310 g/mol. The Labute approximate surface area is 574 Å². The summed E-state index contributed by atoms with van der Waals surface area (Å²) in [4.78, 5) is 23.5. The minimum absolute atomic E-state index is 0.0537. The van der Waals surface area contributed by atoms with Gasteiger partial charge in [-0.2, -0.15) is 0 Å². The van der Waals surface area contributed by atoms with Gasteiger partial charge in [-0.05, 0) is 83.5 Å². The van der Waals surface area contributed by atoms with Crippen molar-refractivity contribution in [2.45, 2.75) is 411 Å². The zero-order valence-electron chi connectivity index (χ0n) is 62.1. The molecule has 3 unspecified atom stereocenters. The highest BCUT2D eigenvalue weighted by molar-refractivity contribution is 7.47. The van der Waals surface area contributed by atoms with Gasteiger partial charge in [0.25, 0.3) is 0 Å². The third kappa shape index (κ3) is 75.3. The van der Waals surface area contributed by atoms with Gasteiger partial charge in [-0.3, -0.25) is 13.8 Å². The highest BCUT2D eigenvalue weighted by atomic mass is 31.2. The first kappa shape index (κ1) is 89.9. The minimum atomic E-state index is -4.37. The van der Waals surface area contributed by atoms with Crippen LogP contribution in [-0.2, 0) is 18.4 Å². The van der Waals surface area contributed by atoms with E-state index >= 15 is 0 Å². The molecule has 0 aliphatic heterocycles. The fourth-order valence-corrected chi connectivity index (χ4v) is 12.9. The molecule has 3 N–H and O–H groups in total. The van der Waals surface area contributed by atoms with Crippen LogP contribution in [0, 0.1) is 0 Å². The Morgan fingerprint density at radius 2 is 0.630 bits per heavy atom. The quantitative estimate of drug-likeness (QED) is 0.0243. The van der Waals surface area contributed by atoms with Crippen LogP contribution in [0.2, 0.25) is 0 Å². The third-order valence-corrected chi connectivity index (χ3v) is 19.4. The fourth-order valence-electron chi connectivity index (χ4n) is 12.1. The number of carbonyl (C=O) groups excluding carboxylic acids is 1. The maximum Gasteiger partial charge on any atom is 0.472 e. The van der Waals surface area contributed by atoms with E-state index in [1.165, 1.54) is 321 Å². The van der Waals surface area contributed by atoms with E-state index in [0.29, 0.717) is 17.4 Å². The summed E-state index contributed by atoms with van der Waals surface area (Å²) in [6.45, 7) is 4.83. The first-order valence-electron chi connectivity index (χ1n) is 40.3. The van der Waals surface area contributed by atoms with Crippen molar-refractivity contribution in [3.8, 4) is 0 Å². The topological polar surface area (TPSA) is 105 Å². The second kappa shape index (κ2) is 73.2. The summed E-state index contributed by atoms with van der Waals surface area (Å²) in [6.07, 6.45) is 104. The van der Waals surface area contributed by atoms with Crippen molar-refractivity contribution in [3.63, 3.8) is 0 Å². The van der Waals surface area contributed by atoms with Gasteiger partial charge < -0.3 is 19.8 Å². The Balaban J connectivity index is 3.97. The summed E-state index contributed by atoms with van der Waals surface area (Å²) in [5.74, 6) is -0.184. The molecule has 1 amide bonds. The van der Waals surface area contributed by atoms with Crippen LogP contribution < -0.4 is 5.32 Å². The maximum atomic E-state index is 13.1. The molecule has 0 radical (unpaired) electrons. The lowest BCUT2D eigenvalue weighted by Crippen LogP contribution is -2.45. The van der Waals surface area contributed by atoms with Crippen LogP contribution in [0.1, 0.15) is 399 Å². The molecule has 540 valence electrons. The predicted octanol–water partition coefficient (Wildman–Crippen LogP) is 26.5. The number of aliphatic hydroxyl groups excluding tert-OH is 1. The van der Waals surface area contributed by atoms with Crippen LogP contribution in [0.5, 0.6) is 0 Å². The first-order valence-corrected chi connectivity index (χ1v) is 41.8. The number of hydrogen-bond donors (Lipinski definition) is 3. The van der Waals surface area contributed by atoms with Crippen LogP contribution in [0.25, 0.3) is 0 Å². The van der Waals surface area contributed by atoms with Gasteiger partial charge in [0.05, 0.1) is 39.9 Å². The Kier molecular flexibility index (Phi) is 71.6. The third-order valence-electron chi connectivity index (χ3n) is 18.4. The number of aliphatic hydroxyl groups is 1. The summed E-state index contributed by atoms with van der Waals surface area (Å²) in [5, 5.41) is 14.0. The normalized spacial score (nSPS) is 13.9. The van der Waals surface area contributed by atoms with Crippen molar-refractivity contribution in [2.75, 3.05) is 40.9 Å². The van der Waals surface area contributed by atoms with Crippen LogP contribution >= 0.6 is 7.82 Å². The van der Waals surface area contributed by atoms with Crippen LogP contribution in [0.3, 0.4) is 0 Å². The van der Waals surface area contributed by atoms with Crippen LogP contribution in [0.15, 0.2) is 72.9 Å². The van der Waals surface area contributed by atoms with Crippen molar-refractivity contribution in [2.24, 2.45) is 0 Å². The largest absolute Gasteiger partial charge is 0.472 e. The smallest absolute Gasteiger partial charge is 0.387 e. The van der Waals surface area contributed by atoms with E-state index in [1.807, 2.05) is 27.2 Å². The second-order valence-corrected chi connectivity index (χ2v) is 30.2. The number of allylic oxidation sites excluding steroid dienone is 11. The molecule has 8 nitrogen and oxygen atoms in total. The predicted molar refractivity (Wildman–Crippen MR) is 406 cm³/mol. The molecule has 0 aromatic rings. The van der Waals surface area contributed by atoms with E-state index in [2.05, 4.69) is 79.9 Å². The van der Waals surface area contributed by atoms with Gasteiger partial charge >= 0.3 is 7.82 Å². The minimum Gasteiger partial charge on any atom is -0.387 e. The molecule has 0 aromatic carbocycles. The number of hydrogen-bond acceptors (Lipinski definition) is 5. The van der Waals surface area contributed by atoms with Gasteiger partial charge in [-0.1, -0.05) is 382 Å². The van der Waals surface area contributed by atoms with E-state index in [-0.39, 0.29) is 19.1 Å². The number of carbonyl (C=O) groups is 1. The van der Waals surface area contributed by atoms with Crippen molar-refractivity contribution in [3.05, 3.63) is 72.9 Å². The molecule has 0 aromatic heterocycles. The summed E-state index contributed by atoms with van der Waals surface area (Å²) in [6, 6.07) is -0.873. The number of phosphoric ester groups is 1. The van der Waals surface area contributed by atoms with Gasteiger partial charge in [-0.25, -0.2) is 4.57 Å². The average molecular weight is 1310 g/mol. The zero-order chi connectivity index (χ0) is 66.9. The first-order chi connectivity index (χ1) is 45.0. The van der Waals surface area contributed by atoms with Crippen molar-refractivity contribution in [1.82, 2.24) is 5.32 Å². The Bertz CT molecular complexity index is 1730. The molecule has 92 heavy (non-hydrogen) atoms. The molecule has 0 spiro atoms. The van der Waals surface area contributed by atoms with Gasteiger partial charge in [0, 0.05) is 6.42 Å². The molecule has 0 fully saturated rings. The van der Waals surface area contributed by atoms with E-state index < -0.39 is 20.0 Å². The molecular weight excluding hydrogens is 1150 g/mol. The van der Waals surface area contributed by atoms with Gasteiger partial charge in [-0.15, -0.1) is 0 Å². The lowest BCUT2D eigenvalue weighted by molar-refractivity contribution is -0.870. The summed E-state index contributed by atoms with van der Waals surface area (Å²) in [7, 11) is 1.56. The lowest BCUT2D eigenvalue weighted by atomic mass is 10.0. The molecule has 0 saturated carbocycles. The number of rotatable bonds is 75. The number of nitrogens with zero attached hydrogens (tertiary/aromatic N) is 1. The summed E-state index contributed by atoms with van der Waals surface area (Å²) >= 11 is 0. The molecule has 0 heterocycles. The Morgan fingerprint density at radius 3 is 0.946 bits per heavy atom. The summed E-state index contributed by atoms with van der Waals surface area (Å²) in [5.41, 5.74) is 0. The van der Waals surface area contributed by atoms with Crippen LogP contribution in [0.4, 0.5) is 0 Å². The second-order valence-electron chi connectivity index (χ2n) is 28.8. The van der Waals surface area contributed by atoms with Crippen molar-refractivity contribution >= 4 is 13.7 Å². The molecule has 0 aliphatic rings. The number of amides is 1. The molecule has 9 heteroatoms. The highest BCUT2D eigenvalue weighted by Gasteiger charge is 2.28. The van der Waals surface area contributed by atoms with Gasteiger partial charge in [0.15, 0.2) is 0 Å². The molecule has 0 aliphatic carbocycles. The SMILES string of the molecule is CCCCCCC/C=C\C/C=C\C/C=C\CCCCCCCCCCCCCCCCCCCCCCCCCCCCC(=O)NC(COP(=O)(O)OCC[N+](C)(C)C)C(O)/C=C/CC/C=C/CC/C=C/CCCCCCCCCCCCCCCCCCCCC. The van der Waals surface area contributed by atoms with E-state index in [9.17, 15) is 19.4 Å². The maximum absolute atomic E-state index is 13.1. The average Bonchev–Trinajstić information content (AvgIpc) is 2.63. The van der Waals surface area contributed by atoms with Crippen LogP contribution in [-0.4, -0.2) is 73.4 Å². The number of unbranched alkanes of at least 4 members (excludes halogenated alkanes) is 52. The number of nitrogens with one attached hydrogen (secondary N) is 1. The Morgan fingerprint density at radius 1 is 0.370 bits per heavy atom. The van der Waals surface area contributed by atoms with Crippen molar-refractivity contribution in [1.29, 1.82) is 0 Å². The highest BCUT2D eigenvalue weighted by Crippen LogP contribution is 2.43. The summed E-state index contributed by atoms with van der Waals surface area (Å²) < 4.78 is 23.8. The van der Waals surface area contributed by atoms with Crippen molar-refractivity contribution < 1.29 is 32.9 Å². The number of quaternary nitrogens is 1. The number of phosphoric acid groups is 1. The van der Waals surface area contributed by atoms with Gasteiger partial charge in [0.1, 0.15) is 13.2 Å². The standard InChI is InChI=1S/C83H157N2O6P/c1-6-8-10-12-14-16-18-20-22-24-26-28-30-32-34-36-37-38-39-40-41-42-43-44-45-46-47-49-51-53-55-57-59-61-63-65-67-69-71-73-75-77-83(87)84-81(80-91-92(88,89)90-79-78-85(3,4)5)82(86)76-74-72-70-68-66-64-62-60-58-56-54-52-50-48-35-33-31-29-27-25-23-21-19-17-15-13-11-9-7-2/h18,20,24,26,30,32,58,60,66,68,74,76,81-82,86H,6-17,19,21-23,25,27-29,31,33-57,59,61-65,67,69-73,75,77-80H2,1-5H3,(H-,84,87,88,89)/p+1/b20-18-,26-24-,32-30-,60-58+,68-66+,76-74+. The zero-order valence-corrected chi connectivity index (χ0v) is 62.9. The molecule has 0 rings (SSSR count). The fraction of sp³-hybridized carbons (Fsp3) is 0.843. The molecule has 0 bridgehead atoms. The lowest BCUT2D eigenvalue weighted by Gasteiger charge is -2.25. The number of likely N-dealkylation sites (N-methyl/N-ethyl adjacent to an activating group) is 1. The van der Waals surface area contributed by atoms with E-state index in [1.54, 1.807) is 6.08 Å². The van der Waals surface area contributed by atoms with E-state index in [0.717, 1.165) is 57.8 Å². The Hall–Kier alpha value is -2.06. The van der Waals surface area contributed by atoms with E-state index in [4.69, 9.17) is 9.05 Å². The van der Waals surface area contributed by atoms with Gasteiger partial charge in [0.2, 0.25) is 5.91 Å². The molecular formula is C83H158N2O6P+. The molecule has 0 saturated heterocycles. The molecule has 3 atom stereocenters.